The van der Waals surface area contributed by atoms with Gasteiger partial charge in [-0.25, -0.2) is 0 Å². The molecule has 9 nitrogen and oxygen atoms in total. The monoisotopic (exact) mass is 839 g/mol. The first-order chi connectivity index (χ1) is 31.1. The van der Waals surface area contributed by atoms with Gasteiger partial charge in [0, 0.05) is 14.8 Å². The van der Waals surface area contributed by atoms with Crippen molar-refractivity contribution in [2.45, 2.75) is 0 Å². The first-order valence-corrected chi connectivity index (χ1v) is 20.6. The smallest absolute Gasteiger partial charge is 0.194 e. The molecule has 0 heterocycles. The molecule has 64 heavy (non-hydrogen) atoms. The van der Waals surface area contributed by atoms with E-state index in [0.717, 1.165) is 21.1 Å². The number of benzene rings is 12. The van der Waals surface area contributed by atoms with Crippen LogP contribution in [0.5, 0.6) is 0 Å². The molecule has 0 unspecified atom stereocenters. The predicted molar refractivity (Wildman–Crippen MR) is 267 cm³/mol. The number of fused-ring (bicyclic) bond motifs is 22. The van der Waals surface area contributed by atoms with Crippen LogP contribution in [0.2, 0.25) is 0 Å². The lowest BCUT2D eigenvalue weighted by Crippen LogP contribution is -1.87. The Balaban J connectivity index is 0.000000141. The second-order valence-electron chi connectivity index (χ2n) is 15.2. The Bertz CT molecular complexity index is 3060. The molecule has 9 heteroatoms. The van der Waals surface area contributed by atoms with Gasteiger partial charge in [-0.05, 0) is 108 Å². The molecule has 0 bridgehead atoms. The van der Waals surface area contributed by atoms with E-state index >= 15 is 0 Å². The first kappa shape index (κ1) is 42.1. The summed E-state index contributed by atoms with van der Waals surface area (Å²) in [7, 11) is 2.67. The van der Waals surface area contributed by atoms with Crippen molar-refractivity contribution in [3.63, 3.8) is 0 Å². The van der Waals surface area contributed by atoms with Crippen molar-refractivity contribution in [2.24, 2.45) is 0 Å². The van der Waals surface area contributed by atoms with E-state index in [1.165, 1.54) is 108 Å². The first-order valence-electron chi connectivity index (χ1n) is 20.6. The molecular formula is C55H41N3O6. The number of hydrogen-bond donors (Lipinski definition) is 0. The van der Waals surface area contributed by atoms with Gasteiger partial charge in [0.1, 0.15) is 0 Å². The minimum atomic E-state index is -0.500. The molecule has 0 N–H and O–H groups in total. The summed E-state index contributed by atoms with van der Waals surface area (Å²) in [5.74, 6) is 0. The Morgan fingerprint density at radius 1 is 0.219 bits per heavy atom. The van der Waals surface area contributed by atoms with Crippen LogP contribution in [0, 0.1) is 30.3 Å². The zero-order valence-electron chi connectivity index (χ0n) is 35.3. The average Bonchev–Trinajstić information content (AvgIpc) is 3.31. The Hall–Kier alpha value is -8.56. The van der Waals surface area contributed by atoms with Crippen LogP contribution < -0.4 is 0 Å². The van der Waals surface area contributed by atoms with E-state index < -0.39 is 14.8 Å². The normalized spacial score (nSPS) is 10.8. The third-order valence-electron chi connectivity index (χ3n) is 11.2. The van der Waals surface area contributed by atoms with Crippen LogP contribution in [0.1, 0.15) is 0 Å². The van der Waals surface area contributed by atoms with Crippen molar-refractivity contribution < 1.29 is 14.8 Å². The minimum Gasteiger partial charge on any atom is -0.265 e. The quantitative estimate of drug-likeness (QED) is 0.0849. The summed E-state index contributed by atoms with van der Waals surface area (Å²) in [5.41, 5.74) is 0. The summed E-state index contributed by atoms with van der Waals surface area (Å²) in [5, 5.41) is 53.2. The summed E-state index contributed by atoms with van der Waals surface area (Å²) in [4.78, 5) is 24.9. The molecule has 0 saturated heterocycles. The Morgan fingerprint density at radius 3 is 0.391 bits per heavy atom. The van der Waals surface area contributed by atoms with Crippen LogP contribution in [0.15, 0.2) is 194 Å². The summed E-state index contributed by atoms with van der Waals surface area (Å²) in [6.45, 7) is 0. The average molecular weight is 840 g/mol. The van der Waals surface area contributed by atoms with Gasteiger partial charge in [0.05, 0.1) is 0 Å². The van der Waals surface area contributed by atoms with Crippen molar-refractivity contribution in [1.82, 2.24) is 0 Å². The third-order valence-corrected chi connectivity index (χ3v) is 11.2. The lowest BCUT2D eigenvalue weighted by Gasteiger charge is -2.16. The summed E-state index contributed by atoms with van der Waals surface area (Å²) >= 11 is 0. The molecular weight excluding hydrogens is 799 g/mol. The van der Waals surface area contributed by atoms with E-state index in [0.29, 0.717) is 0 Å². The van der Waals surface area contributed by atoms with E-state index in [-0.39, 0.29) is 0 Å². The zero-order chi connectivity index (χ0) is 44.9. The highest BCUT2D eigenvalue weighted by Crippen LogP contribution is 2.45. The summed E-state index contributed by atoms with van der Waals surface area (Å²) < 4.78 is 0. The van der Waals surface area contributed by atoms with Gasteiger partial charge < -0.3 is 0 Å². The van der Waals surface area contributed by atoms with Crippen molar-refractivity contribution in [1.29, 1.82) is 0 Å². The molecule has 0 radical (unpaired) electrons. The SMILES string of the molecule is C[N+](=O)[O-].C[N+](=O)[O-].C[N+](=O)[O-].c1ccc2c(c1)c1ccccc1c1c3ccccc3c3ccccc3c21.c1ccc2c(c1)c1ccccc1c1c3ccccc3c3ccccc3c21. The minimum absolute atomic E-state index is 0.500. The highest BCUT2D eigenvalue weighted by atomic mass is 16.6. The van der Waals surface area contributed by atoms with Gasteiger partial charge in [0.15, 0.2) is 21.1 Å². The predicted octanol–water partition coefficient (Wildman–Crippen LogP) is 14.6. The molecule has 12 aromatic carbocycles. The van der Waals surface area contributed by atoms with Gasteiger partial charge >= 0.3 is 0 Å². The van der Waals surface area contributed by atoms with Crippen molar-refractivity contribution in [3.8, 4) is 0 Å². The number of nitro groups is 3. The number of nitrogens with zero attached hydrogens (tertiary/aromatic N) is 3. The Labute approximate surface area is 366 Å². The topological polar surface area (TPSA) is 129 Å². The largest absolute Gasteiger partial charge is 0.265 e. The van der Waals surface area contributed by atoms with Crippen molar-refractivity contribution in [3.05, 3.63) is 224 Å². The molecule has 0 spiro atoms. The molecule has 0 aromatic heterocycles. The van der Waals surface area contributed by atoms with Gasteiger partial charge in [-0.15, -0.1) is 0 Å². The second-order valence-corrected chi connectivity index (χ2v) is 15.2. The molecule has 0 fully saturated rings. The lowest BCUT2D eigenvalue weighted by molar-refractivity contribution is -0.445. The molecule has 0 amide bonds. The molecule has 12 aromatic rings. The standard InChI is InChI=1S/2C26H16.3CH3NO2/c2*1-5-13-21-17(9-1)18-10-2-6-14-22(18)26-24-16-8-4-12-20(24)19-11-3-7-15-23(19)25(21)26;3*1-2(3)4/h2*1-16H;3*1H3. The van der Waals surface area contributed by atoms with Gasteiger partial charge in [-0.2, -0.15) is 0 Å². The highest BCUT2D eigenvalue weighted by molar-refractivity contribution is 6.40. The van der Waals surface area contributed by atoms with Crippen LogP contribution in [-0.4, -0.2) is 35.9 Å². The van der Waals surface area contributed by atoms with Gasteiger partial charge in [0.2, 0.25) is 0 Å². The van der Waals surface area contributed by atoms with E-state index in [4.69, 9.17) is 30.3 Å². The highest BCUT2D eigenvalue weighted by Gasteiger charge is 2.16. The molecule has 0 saturated carbocycles. The second kappa shape index (κ2) is 18.2. The van der Waals surface area contributed by atoms with Crippen LogP contribution >= 0.6 is 0 Å². The lowest BCUT2D eigenvalue weighted by atomic mass is 9.87. The molecule has 12 rings (SSSR count). The summed E-state index contributed by atoms with van der Waals surface area (Å²) in [6, 6.07) is 70.5. The molecule has 0 aliphatic carbocycles. The van der Waals surface area contributed by atoms with Crippen LogP contribution in [0.25, 0.3) is 108 Å². The maximum atomic E-state index is 8.81. The van der Waals surface area contributed by atoms with Gasteiger partial charge in [-0.3, -0.25) is 30.3 Å². The molecule has 0 atom stereocenters. The van der Waals surface area contributed by atoms with Gasteiger partial charge in [0.25, 0.3) is 0 Å². The third kappa shape index (κ3) is 8.01. The zero-order valence-corrected chi connectivity index (χ0v) is 35.3. The fourth-order valence-electron chi connectivity index (χ4n) is 9.15. The number of hydrogen-bond acceptors (Lipinski definition) is 6. The maximum absolute atomic E-state index is 8.81. The van der Waals surface area contributed by atoms with Crippen LogP contribution in [0.4, 0.5) is 0 Å². The molecule has 0 aliphatic rings. The molecule has 0 aliphatic heterocycles. The van der Waals surface area contributed by atoms with E-state index in [1.54, 1.807) is 0 Å². The fourth-order valence-corrected chi connectivity index (χ4v) is 9.15. The Kier molecular flexibility index (Phi) is 12.0. The number of rotatable bonds is 0. The molecule has 312 valence electrons. The Morgan fingerprint density at radius 2 is 0.297 bits per heavy atom. The van der Waals surface area contributed by atoms with Crippen molar-refractivity contribution >= 4 is 108 Å². The van der Waals surface area contributed by atoms with Crippen LogP contribution in [0.3, 0.4) is 0 Å². The van der Waals surface area contributed by atoms with E-state index in [2.05, 4.69) is 194 Å². The van der Waals surface area contributed by atoms with Gasteiger partial charge in [-0.1, -0.05) is 194 Å². The van der Waals surface area contributed by atoms with Crippen LogP contribution in [-0.2, 0) is 0 Å². The van der Waals surface area contributed by atoms with E-state index in [1.807, 2.05) is 0 Å². The summed E-state index contributed by atoms with van der Waals surface area (Å²) in [6.07, 6.45) is 0. The fraction of sp³-hybridized carbons (Fsp3) is 0.0545. The maximum Gasteiger partial charge on any atom is 0.194 e. The van der Waals surface area contributed by atoms with Crippen molar-refractivity contribution in [2.75, 3.05) is 21.1 Å². The van der Waals surface area contributed by atoms with E-state index in [9.17, 15) is 0 Å².